The molecule has 196 valence electrons. The Labute approximate surface area is 248 Å². The second-order valence-electron chi connectivity index (χ2n) is 8.67. The summed E-state index contributed by atoms with van der Waals surface area (Å²) < 4.78 is 12.9. The molecule has 0 radical (unpaired) electrons. The van der Waals surface area contributed by atoms with Crippen molar-refractivity contribution < 1.29 is 14.3 Å². The zero-order valence-corrected chi connectivity index (χ0v) is 25.0. The van der Waals surface area contributed by atoms with E-state index in [0.717, 1.165) is 37.1 Å². The number of amides is 1. The standard InChI is InChI=1S/C31H24Br2N2O3S/c1-37-25-14-12-21(13-15-25)19-35-30(36)28(39-31(35)34-24-10-6-3-7-11-24)18-23-16-26(32)29(27(33)17-23)38-20-22-8-4-2-5-9-22/h2-18H,19-20H2,1H3/b28-18-,34-31?. The van der Waals surface area contributed by atoms with Crippen LogP contribution in [-0.2, 0) is 17.9 Å². The molecule has 1 fully saturated rings. The molecule has 1 saturated heterocycles. The zero-order valence-electron chi connectivity index (χ0n) is 21.0. The highest BCUT2D eigenvalue weighted by Gasteiger charge is 2.33. The van der Waals surface area contributed by atoms with Crippen LogP contribution in [-0.4, -0.2) is 23.1 Å². The third-order valence-electron chi connectivity index (χ3n) is 5.91. The molecule has 1 amide bonds. The van der Waals surface area contributed by atoms with Crippen molar-refractivity contribution in [3.8, 4) is 11.5 Å². The summed E-state index contributed by atoms with van der Waals surface area (Å²) in [5.41, 5.74) is 3.72. The van der Waals surface area contributed by atoms with E-state index in [1.807, 2.05) is 103 Å². The van der Waals surface area contributed by atoms with Crippen LogP contribution in [0.5, 0.6) is 11.5 Å². The SMILES string of the molecule is COc1ccc(CN2C(=O)/C(=C/c3cc(Br)c(OCc4ccccc4)c(Br)c3)SC2=Nc2ccccc2)cc1. The van der Waals surface area contributed by atoms with Crippen LogP contribution in [0.25, 0.3) is 6.08 Å². The number of halogens is 2. The summed E-state index contributed by atoms with van der Waals surface area (Å²) in [6.45, 7) is 0.852. The Morgan fingerprint density at radius 2 is 1.51 bits per heavy atom. The number of hydrogen-bond acceptors (Lipinski definition) is 5. The van der Waals surface area contributed by atoms with Crippen LogP contribution in [0, 0.1) is 0 Å². The molecule has 0 unspecified atom stereocenters. The molecule has 0 bridgehead atoms. The van der Waals surface area contributed by atoms with E-state index in [1.165, 1.54) is 11.8 Å². The maximum atomic E-state index is 13.6. The van der Waals surface area contributed by atoms with Crippen LogP contribution >= 0.6 is 43.6 Å². The number of para-hydroxylation sites is 1. The topological polar surface area (TPSA) is 51.1 Å². The van der Waals surface area contributed by atoms with Crippen LogP contribution in [0.15, 0.2) is 116 Å². The minimum absolute atomic E-state index is 0.0952. The molecule has 5 rings (SSSR count). The third-order valence-corrected chi connectivity index (χ3v) is 8.10. The molecule has 0 atom stereocenters. The summed E-state index contributed by atoms with van der Waals surface area (Å²) in [5.74, 6) is 1.38. The molecule has 0 aromatic heterocycles. The lowest BCUT2D eigenvalue weighted by Gasteiger charge is -2.16. The summed E-state index contributed by atoms with van der Waals surface area (Å²) >= 11 is 8.65. The third kappa shape index (κ3) is 6.82. The van der Waals surface area contributed by atoms with Gasteiger partial charge in [0.25, 0.3) is 5.91 Å². The average Bonchev–Trinajstić information content (AvgIpc) is 3.23. The second kappa shape index (κ2) is 12.7. The van der Waals surface area contributed by atoms with Gasteiger partial charge in [-0.3, -0.25) is 9.69 Å². The van der Waals surface area contributed by atoms with Gasteiger partial charge in [-0.2, -0.15) is 0 Å². The van der Waals surface area contributed by atoms with Gasteiger partial charge in [-0.25, -0.2) is 4.99 Å². The van der Waals surface area contributed by atoms with Crippen molar-refractivity contribution in [1.82, 2.24) is 4.90 Å². The predicted octanol–water partition coefficient (Wildman–Crippen LogP) is 8.60. The highest BCUT2D eigenvalue weighted by Crippen LogP contribution is 2.39. The van der Waals surface area contributed by atoms with E-state index >= 15 is 0 Å². The van der Waals surface area contributed by atoms with E-state index in [1.54, 1.807) is 12.0 Å². The maximum absolute atomic E-state index is 13.6. The number of amidine groups is 1. The van der Waals surface area contributed by atoms with Crippen LogP contribution in [0.3, 0.4) is 0 Å². The lowest BCUT2D eigenvalue weighted by atomic mass is 10.2. The first-order valence-electron chi connectivity index (χ1n) is 12.1. The number of aliphatic imine (C=N–C) groups is 1. The van der Waals surface area contributed by atoms with Crippen LogP contribution < -0.4 is 9.47 Å². The van der Waals surface area contributed by atoms with Crippen molar-refractivity contribution in [1.29, 1.82) is 0 Å². The highest BCUT2D eigenvalue weighted by atomic mass is 79.9. The van der Waals surface area contributed by atoms with Gasteiger partial charge in [0.1, 0.15) is 18.1 Å². The van der Waals surface area contributed by atoms with E-state index in [0.29, 0.717) is 29.0 Å². The number of thioether (sulfide) groups is 1. The molecule has 4 aromatic carbocycles. The van der Waals surface area contributed by atoms with Crippen molar-refractivity contribution in [2.45, 2.75) is 13.2 Å². The Hall–Kier alpha value is -3.33. The van der Waals surface area contributed by atoms with Crippen molar-refractivity contribution in [2.75, 3.05) is 7.11 Å². The Kier molecular flexibility index (Phi) is 8.86. The minimum atomic E-state index is -0.0952. The van der Waals surface area contributed by atoms with Crippen LogP contribution in [0.1, 0.15) is 16.7 Å². The number of benzene rings is 4. The normalized spacial score (nSPS) is 15.3. The monoisotopic (exact) mass is 662 g/mol. The average molecular weight is 664 g/mol. The summed E-state index contributed by atoms with van der Waals surface area (Å²) in [7, 11) is 1.63. The molecule has 1 aliphatic rings. The van der Waals surface area contributed by atoms with E-state index in [9.17, 15) is 4.79 Å². The van der Waals surface area contributed by atoms with Crippen molar-refractivity contribution in [3.05, 3.63) is 128 Å². The molecular weight excluding hydrogens is 640 g/mol. The van der Waals surface area contributed by atoms with Gasteiger partial charge in [-0.1, -0.05) is 60.7 Å². The molecule has 0 saturated carbocycles. The number of nitrogens with zero attached hydrogens (tertiary/aromatic N) is 2. The molecule has 0 spiro atoms. The van der Waals surface area contributed by atoms with Crippen LogP contribution in [0.2, 0.25) is 0 Å². The van der Waals surface area contributed by atoms with Crippen molar-refractivity contribution in [3.63, 3.8) is 0 Å². The van der Waals surface area contributed by atoms with E-state index in [-0.39, 0.29) is 5.91 Å². The molecular formula is C31H24Br2N2O3S. The van der Waals surface area contributed by atoms with Gasteiger partial charge in [0, 0.05) is 0 Å². The first kappa shape index (κ1) is 27.2. The number of rotatable bonds is 8. The van der Waals surface area contributed by atoms with E-state index in [4.69, 9.17) is 14.5 Å². The maximum Gasteiger partial charge on any atom is 0.267 e. The van der Waals surface area contributed by atoms with E-state index in [2.05, 4.69) is 31.9 Å². The van der Waals surface area contributed by atoms with Gasteiger partial charge in [-0.15, -0.1) is 0 Å². The number of ether oxygens (including phenoxy) is 2. The first-order valence-corrected chi connectivity index (χ1v) is 14.5. The number of methoxy groups -OCH3 is 1. The summed E-state index contributed by atoms with van der Waals surface area (Å²) in [5, 5.41) is 0.634. The summed E-state index contributed by atoms with van der Waals surface area (Å²) in [6, 6.07) is 31.3. The quantitative estimate of drug-likeness (QED) is 0.177. The first-order chi connectivity index (χ1) is 19.0. The molecule has 39 heavy (non-hydrogen) atoms. The Morgan fingerprint density at radius 3 is 2.15 bits per heavy atom. The lowest BCUT2D eigenvalue weighted by molar-refractivity contribution is -0.122. The fourth-order valence-electron chi connectivity index (χ4n) is 3.94. The van der Waals surface area contributed by atoms with Gasteiger partial charge in [0.2, 0.25) is 0 Å². The summed E-state index contributed by atoms with van der Waals surface area (Å²) in [4.78, 5) is 20.7. The van der Waals surface area contributed by atoms with Gasteiger partial charge in [-0.05, 0) is 103 Å². The highest BCUT2D eigenvalue weighted by molar-refractivity contribution is 9.11. The van der Waals surface area contributed by atoms with Gasteiger partial charge in [0.05, 0.1) is 33.2 Å². The fraction of sp³-hybridized carbons (Fsp3) is 0.0968. The van der Waals surface area contributed by atoms with Crippen molar-refractivity contribution in [2.24, 2.45) is 4.99 Å². The predicted molar refractivity (Wildman–Crippen MR) is 165 cm³/mol. The molecule has 4 aromatic rings. The number of hydrogen-bond donors (Lipinski definition) is 0. The van der Waals surface area contributed by atoms with Crippen LogP contribution in [0.4, 0.5) is 5.69 Å². The number of carbonyl (C=O) groups is 1. The lowest BCUT2D eigenvalue weighted by Crippen LogP contribution is -2.28. The largest absolute Gasteiger partial charge is 0.497 e. The fourth-order valence-corrected chi connectivity index (χ4v) is 6.39. The molecule has 1 heterocycles. The molecule has 0 aliphatic carbocycles. The number of carbonyl (C=O) groups excluding carboxylic acids is 1. The minimum Gasteiger partial charge on any atom is -0.497 e. The Bertz CT molecular complexity index is 1500. The molecule has 1 aliphatic heterocycles. The smallest absolute Gasteiger partial charge is 0.267 e. The summed E-state index contributed by atoms with van der Waals surface area (Å²) in [6.07, 6.45) is 1.89. The van der Waals surface area contributed by atoms with Gasteiger partial charge >= 0.3 is 0 Å². The van der Waals surface area contributed by atoms with E-state index < -0.39 is 0 Å². The van der Waals surface area contributed by atoms with Crippen molar-refractivity contribution >= 4 is 66.5 Å². The second-order valence-corrected chi connectivity index (χ2v) is 11.4. The molecule has 5 nitrogen and oxygen atoms in total. The van der Waals surface area contributed by atoms with Gasteiger partial charge < -0.3 is 9.47 Å². The Morgan fingerprint density at radius 1 is 0.872 bits per heavy atom. The zero-order chi connectivity index (χ0) is 27.2. The van der Waals surface area contributed by atoms with Gasteiger partial charge in [0.15, 0.2) is 5.17 Å². The molecule has 0 N–H and O–H groups in total. The Balaban J connectivity index is 1.41. The molecule has 8 heteroatoms.